The molecule has 78 heavy (non-hydrogen) atoms. The molecule has 3 N–H and O–H groups in total. The first-order valence-electron chi connectivity index (χ1n) is 35.9. The molecule has 0 aromatic carbocycles. The molecule has 0 heterocycles. The van der Waals surface area contributed by atoms with Crippen molar-refractivity contribution in [3.63, 3.8) is 0 Å². The summed E-state index contributed by atoms with van der Waals surface area (Å²) in [6.07, 6.45) is 84.2. The summed E-state index contributed by atoms with van der Waals surface area (Å²) < 4.78 is 5.47. The normalized spacial score (nSPS) is 12.5. The van der Waals surface area contributed by atoms with Crippen LogP contribution in [0.25, 0.3) is 0 Å². The maximum absolute atomic E-state index is 12.5. The Morgan fingerprint density at radius 2 is 0.615 bits per heavy atom. The van der Waals surface area contributed by atoms with Crippen molar-refractivity contribution in [2.45, 2.75) is 424 Å². The van der Waals surface area contributed by atoms with Gasteiger partial charge in [-0.25, -0.2) is 0 Å². The Labute approximate surface area is 489 Å². The number of hydrogen-bond acceptors (Lipinski definition) is 5. The number of nitrogens with one attached hydrogen (secondary N) is 1. The number of esters is 1. The summed E-state index contributed by atoms with van der Waals surface area (Å²) >= 11 is 0. The van der Waals surface area contributed by atoms with Gasteiger partial charge in [0.15, 0.2) is 0 Å². The van der Waals surface area contributed by atoms with Crippen molar-refractivity contribution in [1.82, 2.24) is 5.32 Å². The van der Waals surface area contributed by atoms with Gasteiger partial charge in [0.05, 0.1) is 25.4 Å². The third-order valence-electron chi connectivity index (χ3n) is 17.1. The van der Waals surface area contributed by atoms with Gasteiger partial charge in [-0.2, -0.15) is 0 Å². The molecule has 6 nitrogen and oxygen atoms in total. The van der Waals surface area contributed by atoms with Crippen LogP contribution in [-0.2, 0) is 14.3 Å². The predicted octanol–water partition coefficient (Wildman–Crippen LogP) is 23.1. The van der Waals surface area contributed by atoms with Crippen LogP contribution in [0.3, 0.4) is 0 Å². The van der Waals surface area contributed by atoms with E-state index in [4.69, 9.17) is 4.74 Å². The van der Waals surface area contributed by atoms with Crippen molar-refractivity contribution in [3.05, 3.63) is 12.2 Å². The first-order chi connectivity index (χ1) is 38.5. The molecule has 6 heteroatoms. The van der Waals surface area contributed by atoms with Crippen LogP contribution in [-0.4, -0.2) is 47.4 Å². The second kappa shape index (κ2) is 68.1. The SMILES string of the molecule is CCCC/C=C\CCCCCCCC(=O)OCCCCCCCCCCCCCCCCCCCCCCCCCCCCCCCCC(=O)NC(CO)C(O)CCCCCCCCCCCCCCCCCCCCCC. The van der Waals surface area contributed by atoms with Crippen molar-refractivity contribution in [2.75, 3.05) is 13.2 Å². The number of carbonyl (C=O) groups excluding carboxylic acids is 2. The lowest BCUT2D eigenvalue weighted by Gasteiger charge is -2.22. The fourth-order valence-corrected chi connectivity index (χ4v) is 11.6. The van der Waals surface area contributed by atoms with Crippen molar-refractivity contribution >= 4 is 11.9 Å². The molecule has 0 aromatic rings. The van der Waals surface area contributed by atoms with E-state index in [1.807, 2.05) is 0 Å². The number of allylic oxidation sites excluding steroid dienone is 2. The van der Waals surface area contributed by atoms with E-state index in [0.29, 0.717) is 25.9 Å². The van der Waals surface area contributed by atoms with Crippen LogP contribution in [0.4, 0.5) is 0 Å². The van der Waals surface area contributed by atoms with Crippen molar-refractivity contribution in [2.24, 2.45) is 0 Å². The highest BCUT2D eigenvalue weighted by Crippen LogP contribution is 2.20. The van der Waals surface area contributed by atoms with E-state index in [1.54, 1.807) is 0 Å². The van der Waals surface area contributed by atoms with Crippen molar-refractivity contribution in [3.8, 4) is 0 Å². The van der Waals surface area contributed by atoms with Gasteiger partial charge in [-0.15, -0.1) is 0 Å². The van der Waals surface area contributed by atoms with Gasteiger partial charge in [-0.3, -0.25) is 9.59 Å². The number of hydrogen-bond donors (Lipinski definition) is 3. The average Bonchev–Trinajstić information content (AvgIpc) is 3.44. The third-order valence-corrected chi connectivity index (χ3v) is 17.1. The molecule has 0 aliphatic heterocycles. The summed E-state index contributed by atoms with van der Waals surface area (Å²) in [5.74, 6) is -0.0164. The van der Waals surface area contributed by atoms with Crippen molar-refractivity contribution in [1.29, 1.82) is 0 Å². The maximum Gasteiger partial charge on any atom is 0.305 e. The first-order valence-corrected chi connectivity index (χ1v) is 35.9. The standard InChI is InChI=1S/C72H141NO5/c1-3-5-7-9-11-13-15-16-17-18-19-32-35-38-41-45-48-52-56-60-64-70(75)69(68-74)73-71(76)65-61-57-53-49-46-42-39-36-33-30-28-26-24-22-20-21-23-25-27-29-31-34-37-40-43-47-51-55-59-63-67-78-72(77)66-62-58-54-50-44-14-12-10-8-6-4-2/h10,12,69-70,74-75H,3-9,11,13-68H2,1-2H3,(H,73,76)/b12-10-. The number of carbonyl (C=O) groups is 2. The largest absolute Gasteiger partial charge is 0.466 e. The molecule has 0 fully saturated rings. The molecular weight excluding hydrogens is 959 g/mol. The summed E-state index contributed by atoms with van der Waals surface area (Å²) in [5, 5.41) is 23.4. The molecule has 0 aliphatic rings. The summed E-state index contributed by atoms with van der Waals surface area (Å²) in [7, 11) is 0. The number of aliphatic hydroxyl groups is 2. The molecule has 0 aromatic heterocycles. The Balaban J connectivity index is 3.33. The molecule has 0 saturated heterocycles. The van der Waals surface area contributed by atoms with E-state index in [9.17, 15) is 19.8 Å². The Bertz CT molecular complexity index is 1180. The van der Waals surface area contributed by atoms with E-state index in [1.165, 1.54) is 334 Å². The maximum atomic E-state index is 12.5. The van der Waals surface area contributed by atoms with Crippen LogP contribution in [0.15, 0.2) is 12.2 Å². The van der Waals surface area contributed by atoms with Gasteiger partial charge in [0.1, 0.15) is 0 Å². The van der Waals surface area contributed by atoms with E-state index in [2.05, 4.69) is 31.3 Å². The third kappa shape index (κ3) is 63.8. The predicted molar refractivity (Wildman–Crippen MR) is 343 cm³/mol. The van der Waals surface area contributed by atoms with E-state index in [0.717, 1.165) is 44.9 Å². The van der Waals surface area contributed by atoms with Crippen LogP contribution in [0.2, 0.25) is 0 Å². The molecule has 1 amide bonds. The van der Waals surface area contributed by atoms with Crippen molar-refractivity contribution < 1.29 is 24.5 Å². The zero-order valence-electron chi connectivity index (χ0n) is 53.2. The highest BCUT2D eigenvalue weighted by Gasteiger charge is 2.20. The number of aliphatic hydroxyl groups excluding tert-OH is 2. The zero-order valence-corrected chi connectivity index (χ0v) is 53.2. The van der Waals surface area contributed by atoms with Crippen LogP contribution in [0, 0.1) is 0 Å². The molecule has 0 radical (unpaired) electrons. The Morgan fingerprint density at radius 3 is 0.949 bits per heavy atom. The molecule has 2 unspecified atom stereocenters. The average molecular weight is 1100 g/mol. The minimum absolute atomic E-state index is 0.00984. The van der Waals surface area contributed by atoms with Crippen LogP contribution in [0.5, 0.6) is 0 Å². The highest BCUT2D eigenvalue weighted by molar-refractivity contribution is 5.76. The molecule has 0 spiro atoms. The van der Waals surface area contributed by atoms with Crippen LogP contribution < -0.4 is 5.32 Å². The van der Waals surface area contributed by atoms with E-state index in [-0.39, 0.29) is 18.5 Å². The second-order valence-electron chi connectivity index (χ2n) is 24.9. The number of ether oxygens (including phenoxy) is 1. The van der Waals surface area contributed by atoms with Crippen LogP contribution >= 0.6 is 0 Å². The lowest BCUT2D eigenvalue weighted by Crippen LogP contribution is -2.45. The van der Waals surface area contributed by atoms with Gasteiger partial charge >= 0.3 is 5.97 Å². The highest BCUT2D eigenvalue weighted by atomic mass is 16.5. The lowest BCUT2D eigenvalue weighted by atomic mass is 10.0. The van der Waals surface area contributed by atoms with Gasteiger partial charge in [-0.1, -0.05) is 366 Å². The molecule has 464 valence electrons. The molecule has 0 rings (SSSR count). The summed E-state index contributed by atoms with van der Waals surface area (Å²) in [6.45, 7) is 4.96. The van der Waals surface area contributed by atoms with Gasteiger partial charge in [0, 0.05) is 12.8 Å². The molecular formula is C72H141NO5. The number of rotatable bonds is 68. The minimum atomic E-state index is -0.662. The van der Waals surface area contributed by atoms with Gasteiger partial charge < -0.3 is 20.3 Å². The molecule has 0 bridgehead atoms. The molecule has 2 atom stereocenters. The zero-order chi connectivity index (χ0) is 56.4. The Kier molecular flexibility index (Phi) is 66.9. The Hall–Kier alpha value is -1.40. The van der Waals surface area contributed by atoms with E-state index >= 15 is 0 Å². The van der Waals surface area contributed by atoms with Gasteiger partial charge in [0.25, 0.3) is 0 Å². The minimum Gasteiger partial charge on any atom is -0.466 e. The fraction of sp³-hybridized carbons (Fsp3) is 0.944. The summed E-state index contributed by atoms with van der Waals surface area (Å²) in [5.41, 5.74) is 0. The van der Waals surface area contributed by atoms with Crippen LogP contribution in [0.1, 0.15) is 412 Å². The summed E-state index contributed by atoms with van der Waals surface area (Å²) in [6, 6.07) is -0.538. The monoisotopic (exact) mass is 1100 g/mol. The molecule has 0 aliphatic carbocycles. The number of amides is 1. The topological polar surface area (TPSA) is 95.9 Å². The fourth-order valence-electron chi connectivity index (χ4n) is 11.6. The smallest absolute Gasteiger partial charge is 0.305 e. The van der Waals surface area contributed by atoms with Gasteiger partial charge in [0.2, 0.25) is 5.91 Å². The Morgan fingerprint density at radius 1 is 0.346 bits per heavy atom. The van der Waals surface area contributed by atoms with E-state index < -0.39 is 12.1 Å². The quantitative estimate of drug-likeness (QED) is 0.0320. The first kappa shape index (κ1) is 76.6. The lowest BCUT2D eigenvalue weighted by molar-refractivity contribution is -0.143. The molecule has 0 saturated carbocycles. The summed E-state index contributed by atoms with van der Waals surface area (Å²) in [4.78, 5) is 24.5. The number of unbranched alkanes of at least 4 members (excludes halogenated alkanes) is 55. The second-order valence-corrected chi connectivity index (χ2v) is 24.9. The van der Waals surface area contributed by atoms with Gasteiger partial charge in [-0.05, 0) is 44.9 Å².